The molecule has 0 bridgehead atoms. The molecule has 1 amide bonds. The van der Waals surface area contributed by atoms with Crippen molar-refractivity contribution in [1.29, 1.82) is 0 Å². The van der Waals surface area contributed by atoms with Gasteiger partial charge in [-0.05, 0) is 31.7 Å². The van der Waals surface area contributed by atoms with E-state index in [0.29, 0.717) is 6.54 Å². The van der Waals surface area contributed by atoms with E-state index in [-0.39, 0.29) is 5.91 Å². The number of para-hydroxylation sites is 1. The number of hydrogen-bond donors (Lipinski definition) is 1. The molecule has 0 unspecified atom stereocenters. The average Bonchev–Trinajstić information content (AvgIpc) is 2.56. The van der Waals surface area contributed by atoms with E-state index in [1.165, 1.54) is 11.1 Å². The monoisotopic (exact) mass is 340 g/mol. The number of carbonyl (C=O) groups is 1. The van der Waals surface area contributed by atoms with Crippen LogP contribution in [0.15, 0.2) is 66.1 Å². The zero-order chi connectivity index (χ0) is 17.4. The van der Waals surface area contributed by atoms with E-state index in [1.807, 2.05) is 42.3 Å². The first kappa shape index (κ1) is 18.3. The molecule has 2 rings (SSSR count). The van der Waals surface area contributed by atoms with Crippen molar-refractivity contribution in [3.05, 3.63) is 72.3 Å². The van der Waals surface area contributed by atoms with Gasteiger partial charge in [-0.1, -0.05) is 48.0 Å². The predicted molar refractivity (Wildman–Crippen MR) is 104 cm³/mol. The van der Waals surface area contributed by atoms with E-state index < -0.39 is 0 Å². The van der Waals surface area contributed by atoms with Crippen molar-refractivity contribution in [1.82, 2.24) is 4.90 Å². The molecule has 0 radical (unpaired) electrons. The third-order valence-corrected chi connectivity index (χ3v) is 4.57. The Bertz CT molecular complexity index is 682. The summed E-state index contributed by atoms with van der Waals surface area (Å²) in [4.78, 5) is 15.4. The van der Waals surface area contributed by atoms with E-state index in [9.17, 15) is 4.79 Å². The molecule has 3 nitrogen and oxygen atoms in total. The Balaban J connectivity index is 1.90. The molecule has 2 aromatic rings. The zero-order valence-corrected chi connectivity index (χ0v) is 15.1. The van der Waals surface area contributed by atoms with Crippen LogP contribution in [0.1, 0.15) is 11.1 Å². The van der Waals surface area contributed by atoms with Crippen molar-refractivity contribution in [3.8, 4) is 0 Å². The lowest BCUT2D eigenvalue weighted by Crippen LogP contribution is -2.30. The highest BCUT2D eigenvalue weighted by Crippen LogP contribution is 2.26. The Morgan fingerprint density at radius 3 is 2.62 bits per heavy atom. The Labute approximate surface area is 148 Å². The van der Waals surface area contributed by atoms with Crippen LogP contribution in [0.2, 0.25) is 0 Å². The molecule has 0 saturated heterocycles. The van der Waals surface area contributed by atoms with Gasteiger partial charge in [0, 0.05) is 17.2 Å². The molecule has 0 heterocycles. The molecule has 1 N–H and O–H groups in total. The SMILES string of the molecule is C=CCSc1ccccc1NC(=O)CN(C)Cc1ccc(C)cc1. The highest BCUT2D eigenvalue weighted by molar-refractivity contribution is 7.99. The zero-order valence-electron chi connectivity index (χ0n) is 14.3. The van der Waals surface area contributed by atoms with Gasteiger partial charge in [0.15, 0.2) is 0 Å². The summed E-state index contributed by atoms with van der Waals surface area (Å²) in [5.41, 5.74) is 3.31. The second-order valence-electron chi connectivity index (χ2n) is 5.80. The molecule has 126 valence electrons. The maximum Gasteiger partial charge on any atom is 0.238 e. The Hall–Kier alpha value is -2.04. The minimum absolute atomic E-state index is 0.00346. The minimum Gasteiger partial charge on any atom is -0.324 e. The van der Waals surface area contributed by atoms with E-state index in [2.05, 4.69) is 43.1 Å². The van der Waals surface area contributed by atoms with Crippen molar-refractivity contribution in [3.63, 3.8) is 0 Å². The normalized spacial score (nSPS) is 10.6. The second kappa shape index (κ2) is 9.30. The van der Waals surface area contributed by atoms with Gasteiger partial charge >= 0.3 is 0 Å². The van der Waals surface area contributed by atoms with Crippen molar-refractivity contribution >= 4 is 23.4 Å². The average molecular weight is 340 g/mol. The summed E-state index contributed by atoms with van der Waals surface area (Å²) < 4.78 is 0. The fourth-order valence-corrected chi connectivity index (χ4v) is 3.09. The first-order valence-corrected chi connectivity index (χ1v) is 8.93. The Morgan fingerprint density at radius 2 is 1.92 bits per heavy atom. The lowest BCUT2D eigenvalue weighted by Gasteiger charge is -2.17. The molecule has 0 spiro atoms. The number of nitrogens with zero attached hydrogens (tertiary/aromatic N) is 1. The van der Waals surface area contributed by atoms with Gasteiger partial charge in [0.25, 0.3) is 0 Å². The van der Waals surface area contributed by atoms with Gasteiger partial charge < -0.3 is 5.32 Å². The molecule has 24 heavy (non-hydrogen) atoms. The van der Waals surface area contributed by atoms with E-state index >= 15 is 0 Å². The van der Waals surface area contributed by atoms with Crippen molar-refractivity contribution in [2.45, 2.75) is 18.4 Å². The van der Waals surface area contributed by atoms with Gasteiger partial charge in [-0.3, -0.25) is 9.69 Å². The summed E-state index contributed by atoms with van der Waals surface area (Å²) in [5.74, 6) is 0.816. The maximum atomic E-state index is 12.3. The number of thioether (sulfide) groups is 1. The summed E-state index contributed by atoms with van der Waals surface area (Å²) in [6, 6.07) is 16.2. The summed E-state index contributed by atoms with van der Waals surface area (Å²) in [5, 5.41) is 3.01. The van der Waals surface area contributed by atoms with Crippen molar-refractivity contribution < 1.29 is 4.79 Å². The molecule has 0 aliphatic carbocycles. The van der Waals surface area contributed by atoms with Gasteiger partial charge in [0.05, 0.1) is 12.2 Å². The van der Waals surface area contributed by atoms with Crippen molar-refractivity contribution in [2.75, 3.05) is 24.7 Å². The van der Waals surface area contributed by atoms with Crippen LogP contribution in [-0.4, -0.2) is 30.2 Å². The van der Waals surface area contributed by atoms with Crippen LogP contribution in [0.4, 0.5) is 5.69 Å². The first-order valence-electron chi connectivity index (χ1n) is 7.95. The largest absolute Gasteiger partial charge is 0.324 e. The van der Waals surface area contributed by atoms with Gasteiger partial charge in [-0.25, -0.2) is 0 Å². The van der Waals surface area contributed by atoms with Gasteiger partial charge in [0.1, 0.15) is 0 Å². The molecular weight excluding hydrogens is 316 g/mol. The number of rotatable bonds is 8. The first-order chi connectivity index (χ1) is 11.6. The molecule has 0 aliphatic rings. The Kier molecular flexibility index (Phi) is 7.09. The third kappa shape index (κ3) is 5.87. The molecule has 0 saturated carbocycles. The predicted octanol–water partition coefficient (Wildman–Crippen LogP) is 4.34. The number of carbonyl (C=O) groups excluding carboxylic acids is 1. The number of aryl methyl sites for hydroxylation is 1. The van der Waals surface area contributed by atoms with Gasteiger partial charge in [-0.15, -0.1) is 18.3 Å². The van der Waals surface area contributed by atoms with E-state index in [0.717, 1.165) is 22.9 Å². The summed E-state index contributed by atoms with van der Waals surface area (Å²) >= 11 is 1.67. The molecule has 0 aromatic heterocycles. The molecule has 0 aliphatic heterocycles. The van der Waals surface area contributed by atoms with Crippen LogP contribution in [-0.2, 0) is 11.3 Å². The molecule has 2 aromatic carbocycles. The molecular formula is C20H24N2OS. The van der Waals surface area contributed by atoms with Crippen LogP contribution < -0.4 is 5.32 Å². The van der Waals surface area contributed by atoms with Crippen LogP contribution in [0.3, 0.4) is 0 Å². The number of nitrogens with one attached hydrogen (secondary N) is 1. The smallest absolute Gasteiger partial charge is 0.238 e. The topological polar surface area (TPSA) is 32.3 Å². The summed E-state index contributed by atoms with van der Waals surface area (Å²) in [6.45, 7) is 6.91. The van der Waals surface area contributed by atoms with Crippen LogP contribution in [0.25, 0.3) is 0 Å². The summed E-state index contributed by atoms with van der Waals surface area (Å²) in [6.07, 6.45) is 1.86. The molecule has 0 atom stereocenters. The summed E-state index contributed by atoms with van der Waals surface area (Å²) in [7, 11) is 1.96. The number of hydrogen-bond acceptors (Lipinski definition) is 3. The number of benzene rings is 2. The van der Waals surface area contributed by atoms with Gasteiger partial charge in [0.2, 0.25) is 5.91 Å². The van der Waals surface area contributed by atoms with Crippen molar-refractivity contribution in [2.24, 2.45) is 0 Å². The quantitative estimate of drug-likeness (QED) is 0.573. The van der Waals surface area contributed by atoms with Gasteiger partial charge in [-0.2, -0.15) is 0 Å². The fourth-order valence-electron chi connectivity index (χ4n) is 2.34. The number of amides is 1. The van der Waals surface area contributed by atoms with E-state index in [1.54, 1.807) is 11.8 Å². The molecule has 4 heteroatoms. The highest BCUT2D eigenvalue weighted by Gasteiger charge is 2.10. The lowest BCUT2D eigenvalue weighted by atomic mass is 10.1. The minimum atomic E-state index is -0.00346. The third-order valence-electron chi connectivity index (χ3n) is 3.50. The fraction of sp³-hybridized carbons (Fsp3) is 0.250. The van der Waals surface area contributed by atoms with Crippen LogP contribution >= 0.6 is 11.8 Å². The van der Waals surface area contributed by atoms with Crippen LogP contribution in [0, 0.1) is 6.92 Å². The Morgan fingerprint density at radius 1 is 1.21 bits per heavy atom. The van der Waals surface area contributed by atoms with E-state index in [4.69, 9.17) is 0 Å². The maximum absolute atomic E-state index is 12.3. The standard InChI is InChI=1S/C20H24N2OS/c1-4-13-24-19-8-6-5-7-18(19)21-20(23)15-22(3)14-17-11-9-16(2)10-12-17/h4-12H,1,13-15H2,2-3H3,(H,21,23). The second-order valence-corrected chi connectivity index (χ2v) is 6.86. The highest BCUT2D eigenvalue weighted by atomic mass is 32.2. The molecule has 0 fully saturated rings. The lowest BCUT2D eigenvalue weighted by molar-refractivity contribution is -0.117. The number of likely N-dealkylation sites (N-methyl/N-ethyl adjacent to an activating group) is 1. The van der Waals surface area contributed by atoms with Crippen LogP contribution in [0.5, 0.6) is 0 Å². The number of anilines is 1.